The summed E-state index contributed by atoms with van der Waals surface area (Å²) >= 11 is 0. The van der Waals surface area contributed by atoms with Crippen LogP contribution in [0.4, 0.5) is 0 Å². The van der Waals surface area contributed by atoms with E-state index in [2.05, 4.69) is 61.9 Å². The van der Waals surface area contributed by atoms with Crippen LogP contribution in [0.3, 0.4) is 0 Å². The van der Waals surface area contributed by atoms with Crippen molar-refractivity contribution in [1.82, 2.24) is 9.97 Å². The van der Waals surface area contributed by atoms with Crippen LogP contribution in [0, 0.1) is 5.41 Å². The third kappa shape index (κ3) is 2.76. The van der Waals surface area contributed by atoms with Crippen LogP contribution in [-0.4, -0.2) is 9.97 Å². The predicted molar refractivity (Wildman–Crippen MR) is 75.3 cm³/mol. The van der Waals surface area contributed by atoms with E-state index in [0.717, 1.165) is 5.56 Å². The standard InChI is InChI=1S/C16H20N2/c1-12(16(2,3)4)13-6-5-7-14(8-13)15-9-17-11-18-10-15/h5-12H,1-4H3. The quantitative estimate of drug-likeness (QED) is 0.782. The lowest BCUT2D eigenvalue weighted by Gasteiger charge is -2.28. The molecule has 1 aromatic heterocycles. The molecule has 0 saturated carbocycles. The summed E-state index contributed by atoms with van der Waals surface area (Å²) < 4.78 is 0. The van der Waals surface area contributed by atoms with Crippen molar-refractivity contribution in [2.24, 2.45) is 5.41 Å². The molecule has 2 nitrogen and oxygen atoms in total. The molecule has 1 atom stereocenters. The average molecular weight is 240 g/mol. The van der Waals surface area contributed by atoms with E-state index < -0.39 is 0 Å². The summed E-state index contributed by atoms with van der Waals surface area (Å²) in [5.74, 6) is 0.516. The van der Waals surface area contributed by atoms with Crippen molar-refractivity contribution in [3.63, 3.8) is 0 Å². The number of nitrogens with zero attached hydrogens (tertiary/aromatic N) is 2. The highest BCUT2D eigenvalue weighted by Gasteiger charge is 2.21. The summed E-state index contributed by atoms with van der Waals surface area (Å²) in [4.78, 5) is 8.15. The minimum atomic E-state index is 0.270. The second-order valence-corrected chi connectivity index (χ2v) is 5.84. The Kier molecular flexibility index (Phi) is 3.46. The van der Waals surface area contributed by atoms with Crippen LogP contribution in [0.15, 0.2) is 43.0 Å². The average Bonchev–Trinajstić information content (AvgIpc) is 2.38. The molecule has 0 N–H and O–H groups in total. The summed E-state index contributed by atoms with van der Waals surface area (Å²) in [5, 5.41) is 0. The molecule has 0 aliphatic heterocycles. The summed E-state index contributed by atoms with van der Waals surface area (Å²) in [5.41, 5.74) is 3.89. The third-order valence-electron chi connectivity index (χ3n) is 3.58. The number of rotatable bonds is 2. The van der Waals surface area contributed by atoms with Crippen molar-refractivity contribution >= 4 is 0 Å². The molecule has 2 aromatic rings. The molecule has 0 aliphatic rings. The molecule has 0 amide bonds. The van der Waals surface area contributed by atoms with Gasteiger partial charge in [0.1, 0.15) is 6.33 Å². The van der Waals surface area contributed by atoms with Crippen LogP contribution in [0.25, 0.3) is 11.1 Å². The Hall–Kier alpha value is -1.70. The molecule has 2 heteroatoms. The number of aromatic nitrogens is 2. The van der Waals surface area contributed by atoms with Crippen LogP contribution in [0.2, 0.25) is 0 Å². The van der Waals surface area contributed by atoms with Crippen LogP contribution >= 0.6 is 0 Å². The van der Waals surface area contributed by atoms with E-state index in [0.29, 0.717) is 5.92 Å². The molecular weight excluding hydrogens is 220 g/mol. The summed E-state index contributed by atoms with van der Waals surface area (Å²) in [6.45, 7) is 9.10. The highest BCUT2D eigenvalue weighted by molar-refractivity contribution is 5.62. The van der Waals surface area contributed by atoms with Crippen molar-refractivity contribution in [2.75, 3.05) is 0 Å². The fraction of sp³-hybridized carbons (Fsp3) is 0.375. The first-order valence-corrected chi connectivity index (χ1v) is 6.34. The minimum absolute atomic E-state index is 0.270. The highest BCUT2D eigenvalue weighted by atomic mass is 14.8. The van der Waals surface area contributed by atoms with E-state index >= 15 is 0 Å². The number of hydrogen-bond acceptors (Lipinski definition) is 2. The van der Waals surface area contributed by atoms with Gasteiger partial charge in [0, 0.05) is 18.0 Å². The zero-order chi connectivity index (χ0) is 13.2. The van der Waals surface area contributed by atoms with E-state index in [-0.39, 0.29) is 5.41 Å². The molecule has 0 aliphatic carbocycles. The molecule has 2 rings (SSSR count). The monoisotopic (exact) mass is 240 g/mol. The number of hydrogen-bond donors (Lipinski definition) is 0. The molecule has 1 aromatic carbocycles. The summed E-state index contributed by atoms with van der Waals surface area (Å²) in [7, 11) is 0. The van der Waals surface area contributed by atoms with Gasteiger partial charge in [-0.05, 0) is 22.5 Å². The maximum absolute atomic E-state index is 4.07. The SMILES string of the molecule is CC(c1cccc(-c2cncnc2)c1)C(C)(C)C. The van der Waals surface area contributed by atoms with Gasteiger partial charge in [0.15, 0.2) is 0 Å². The normalized spacial score (nSPS) is 13.3. The van der Waals surface area contributed by atoms with Gasteiger partial charge in [-0.2, -0.15) is 0 Å². The minimum Gasteiger partial charge on any atom is -0.244 e. The predicted octanol–water partition coefficient (Wildman–Crippen LogP) is 4.29. The molecular formula is C16H20N2. The zero-order valence-corrected chi connectivity index (χ0v) is 11.5. The lowest BCUT2D eigenvalue weighted by atomic mass is 9.77. The molecule has 94 valence electrons. The van der Waals surface area contributed by atoms with Crippen molar-refractivity contribution in [3.8, 4) is 11.1 Å². The summed E-state index contributed by atoms with van der Waals surface area (Å²) in [6.07, 6.45) is 5.27. The van der Waals surface area contributed by atoms with E-state index in [1.165, 1.54) is 11.1 Å². The Balaban J connectivity index is 2.37. The Morgan fingerprint density at radius 3 is 2.28 bits per heavy atom. The Bertz CT molecular complexity index is 512. The van der Waals surface area contributed by atoms with Gasteiger partial charge in [0.2, 0.25) is 0 Å². The van der Waals surface area contributed by atoms with Gasteiger partial charge >= 0.3 is 0 Å². The maximum atomic E-state index is 4.07. The van der Waals surface area contributed by atoms with E-state index in [1.54, 1.807) is 6.33 Å². The molecule has 1 unspecified atom stereocenters. The van der Waals surface area contributed by atoms with Crippen molar-refractivity contribution < 1.29 is 0 Å². The van der Waals surface area contributed by atoms with Gasteiger partial charge in [-0.15, -0.1) is 0 Å². The number of benzene rings is 1. The smallest absolute Gasteiger partial charge is 0.115 e. The van der Waals surface area contributed by atoms with Gasteiger partial charge in [-0.3, -0.25) is 0 Å². The van der Waals surface area contributed by atoms with E-state index in [1.807, 2.05) is 12.4 Å². The largest absolute Gasteiger partial charge is 0.244 e. The molecule has 0 saturated heterocycles. The highest BCUT2D eigenvalue weighted by Crippen LogP contribution is 2.35. The van der Waals surface area contributed by atoms with E-state index in [9.17, 15) is 0 Å². The topological polar surface area (TPSA) is 25.8 Å². The van der Waals surface area contributed by atoms with Gasteiger partial charge < -0.3 is 0 Å². The van der Waals surface area contributed by atoms with Gasteiger partial charge in [-0.25, -0.2) is 9.97 Å². The van der Waals surface area contributed by atoms with E-state index in [4.69, 9.17) is 0 Å². The molecule has 0 fully saturated rings. The second kappa shape index (κ2) is 4.89. The van der Waals surface area contributed by atoms with Crippen LogP contribution in [0.5, 0.6) is 0 Å². The lowest BCUT2D eigenvalue weighted by Crippen LogP contribution is -2.15. The first-order chi connectivity index (χ1) is 8.48. The Morgan fingerprint density at radius 1 is 1.00 bits per heavy atom. The molecule has 0 spiro atoms. The van der Waals surface area contributed by atoms with Gasteiger partial charge in [0.25, 0.3) is 0 Å². The third-order valence-corrected chi connectivity index (χ3v) is 3.58. The fourth-order valence-electron chi connectivity index (χ4n) is 1.94. The van der Waals surface area contributed by atoms with Crippen molar-refractivity contribution in [1.29, 1.82) is 0 Å². The first kappa shape index (κ1) is 12.7. The molecule has 1 heterocycles. The lowest BCUT2D eigenvalue weighted by molar-refractivity contribution is 0.339. The molecule has 0 bridgehead atoms. The zero-order valence-electron chi connectivity index (χ0n) is 11.5. The van der Waals surface area contributed by atoms with Crippen molar-refractivity contribution in [2.45, 2.75) is 33.6 Å². The fourth-order valence-corrected chi connectivity index (χ4v) is 1.94. The maximum Gasteiger partial charge on any atom is 0.115 e. The van der Waals surface area contributed by atoms with Crippen LogP contribution in [-0.2, 0) is 0 Å². The molecule has 18 heavy (non-hydrogen) atoms. The summed E-state index contributed by atoms with van der Waals surface area (Å²) in [6, 6.07) is 8.66. The first-order valence-electron chi connectivity index (χ1n) is 6.34. The molecule has 0 radical (unpaired) electrons. The second-order valence-electron chi connectivity index (χ2n) is 5.84. The van der Waals surface area contributed by atoms with Gasteiger partial charge in [-0.1, -0.05) is 52.0 Å². The van der Waals surface area contributed by atoms with Crippen LogP contribution < -0.4 is 0 Å². The Morgan fingerprint density at radius 2 is 1.67 bits per heavy atom. The Labute approximate surface area is 109 Å². The van der Waals surface area contributed by atoms with Gasteiger partial charge in [0.05, 0.1) is 0 Å². The van der Waals surface area contributed by atoms with Crippen molar-refractivity contribution in [3.05, 3.63) is 48.5 Å². The van der Waals surface area contributed by atoms with Crippen LogP contribution in [0.1, 0.15) is 39.2 Å².